The van der Waals surface area contributed by atoms with Gasteiger partial charge in [-0.25, -0.2) is 28.7 Å². The molecule has 1 atom stereocenters. The third kappa shape index (κ3) is 5.39. The van der Waals surface area contributed by atoms with E-state index >= 15 is 0 Å². The van der Waals surface area contributed by atoms with Gasteiger partial charge in [-0.2, -0.15) is 0 Å². The van der Waals surface area contributed by atoms with Crippen LogP contribution in [0.15, 0.2) is 30.5 Å². The Labute approximate surface area is 224 Å². The van der Waals surface area contributed by atoms with Crippen LogP contribution < -0.4 is 20.7 Å². The molecule has 0 amide bonds. The van der Waals surface area contributed by atoms with Gasteiger partial charge in [-0.1, -0.05) is 31.3 Å². The monoisotopic (exact) mass is 539 g/mol. The van der Waals surface area contributed by atoms with E-state index in [0.29, 0.717) is 30.7 Å². The van der Waals surface area contributed by atoms with Crippen LogP contribution >= 0.6 is 11.3 Å². The minimum Gasteiger partial charge on any atom is -0.491 e. The quantitative estimate of drug-likeness (QED) is 0.319. The molecule has 1 aliphatic heterocycles. The third-order valence-electron chi connectivity index (χ3n) is 6.61. The number of hydrogen-bond donors (Lipinski definition) is 2. The number of hydrogen-bond acceptors (Lipinski definition) is 9. The van der Waals surface area contributed by atoms with Crippen LogP contribution in [0.2, 0.25) is 0 Å². The summed E-state index contributed by atoms with van der Waals surface area (Å²) in [6.07, 6.45) is -0.605. The number of nitrogens with one attached hydrogen (secondary N) is 1. The highest BCUT2D eigenvalue weighted by atomic mass is 32.1. The van der Waals surface area contributed by atoms with Gasteiger partial charge in [0.2, 0.25) is 0 Å². The molecule has 0 fully saturated rings. The first kappa shape index (κ1) is 26.2. The largest absolute Gasteiger partial charge is 0.491 e. The van der Waals surface area contributed by atoms with Crippen LogP contribution in [0.3, 0.4) is 0 Å². The SMILES string of the molecule is Cc1nc([C@H](C)NCC(F)F)nc(N2CCOc3ccc(-c4cnc5sc(N)nc5c4)cc3C2)c1C(C)C. The van der Waals surface area contributed by atoms with Crippen molar-refractivity contribution >= 4 is 32.6 Å². The van der Waals surface area contributed by atoms with Crippen LogP contribution in [0.5, 0.6) is 5.75 Å². The van der Waals surface area contributed by atoms with E-state index in [1.807, 2.05) is 38.2 Å². The lowest BCUT2D eigenvalue weighted by molar-refractivity contribution is 0.141. The van der Waals surface area contributed by atoms with E-state index in [4.69, 9.17) is 15.5 Å². The van der Waals surface area contributed by atoms with Crippen molar-refractivity contribution in [3.8, 4) is 16.9 Å². The zero-order valence-electron chi connectivity index (χ0n) is 21.8. The van der Waals surface area contributed by atoms with Gasteiger partial charge in [0.25, 0.3) is 6.43 Å². The van der Waals surface area contributed by atoms with Crippen LogP contribution in [0, 0.1) is 6.92 Å². The Morgan fingerprint density at radius 3 is 2.71 bits per heavy atom. The Balaban J connectivity index is 1.50. The number of nitrogen functional groups attached to an aromatic ring is 1. The van der Waals surface area contributed by atoms with Gasteiger partial charge in [0.1, 0.15) is 34.3 Å². The number of rotatable bonds is 7. The summed E-state index contributed by atoms with van der Waals surface area (Å²) in [7, 11) is 0. The molecule has 5 rings (SSSR count). The van der Waals surface area contributed by atoms with Crippen LogP contribution in [0.4, 0.5) is 19.7 Å². The molecule has 1 aliphatic rings. The van der Waals surface area contributed by atoms with Crippen molar-refractivity contribution in [3.63, 3.8) is 0 Å². The number of anilines is 2. The number of nitrogens with zero attached hydrogens (tertiary/aromatic N) is 5. The molecule has 3 aromatic heterocycles. The average Bonchev–Trinajstić information content (AvgIpc) is 3.11. The lowest BCUT2D eigenvalue weighted by Gasteiger charge is -2.27. The lowest BCUT2D eigenvalue weighted by Crippen LogP contribution is -2.31. The normalized spacial score (nSPS) is 14.6. The summed E-state index contributed by atoms with van der Waals surface area (Å²) in [6, 6.07) is 7.71. The highest BCUT2D eigenvalue weighted by Gasteiger charge is 2.25. The van der Waals surface area contributed by atoms with Crippen LogP contribution in [-0.4, -0.2) is 46.1 Å². The van der Waals surface area contributed by atoms with E-state index in [2.05, 4.69) is 45.1 Å². The molecule has 0 radical (unpaired) electrons. The number of ether oxygens (including phenoxy) is 1. The molecule has 0 bridgehead atoms. The molecule has 0 unspecified atom stereocenters. The number of fused-ring (bicyclic) bond motifs is 2. The maximum atomic E-state index is 12.8. The van der Waals surface area contributed by atoms with E-state index in [9.17, 15) is 8.78 Å². The molecule has 4 aromatic rings. The molecule has 11 heteroatoms. The first-order valence-electron chi connectivity index (χ1n) is 12.6. The number of alkyl halides is 2. The first-order valence-corrected chi connectivity index (χ1v) is 13.4. The van der Waals surface area contributed by atoms with Crippen molar-refractivity contribution in [2.45, 2.75) is 52.6 Å². The standard InChI is InChI=1S/C27H31F2N7OS/c1-14(2)23-15(3)33-24(16(4)31-12-22(28)29)35-25(23)36-7-8-37-21-6-5-17(9-19(21)13-36)18-10-20-26(32-11-18)38-27(30)34-20/h5-6,9-11,14,16,22,31H,7-8,12-13H2,1-4H3,(H2,30,34)/t16-/m0/s1. The second-order valence-corrected chi connectivity index (χ2v) is 10.8. The Hall–Kier alpha value is -3.44. The molecule has 0 saturated heterocycles. The lowest BCUT2D eigenvalue weighted by atomic mass is 10.0. The molecule has 4 heterocycles. The van der Waals surface area contributed by atoms with Gasteiger partial charge < -0.3 is 20.7 Å². The summed E-state index contributed by atoms with van der Waals surface area (Å²) in [6.45, 7) is 9.29. The van der Waals surface area contributed by atoms with Crippen molar-refractivity contribution in [1.29, 1.82) is 0 Å². The number of thiazole rings is 1. The number of halogens is 2. The van der Waals surface area contributed by atoms with Crippen molar-refractivity contribution in [2.75, 3.05) is 30.3 Å². The molecule has 1 aromatic carbocycles. The zero-order chi connectivity index (χ0) is 27.0. The van der Waals surface area contributed by atoms with E-state index in [1.165, 1.54) is 11.3 Å². The maximum Gasteiger partial charge on any atom is 0.250 e. The Morgan fingerprint density at radius 1 is 1.13 bits per heavy atom. The number of nitrogens with two attached hydrogens (primary N) is 1. The first-order chi connectivity index (χ1) is 18.2. The summed E-state index contributed by atoms with van der Waals surface area (Å²) < 4.78 is 31.7. The van der Waals surface area contributed by atoms with Crippen molar-refractivity contribution in [1.82, 2.24) is 25.3 Å². The number of benzene rings is 1. The fraction of sp³-hybridized carbons (Fsp3) is 0.407. The van der Waals surface area contributed by atoms with Crippen LogP contribution in [0.1, 0.15) is 55.4 Å². The van der Waals surface area contributed by atoms with Gasteiger partial charge in [0.05, 0.1) is 19.1 Å². The highest BCUT2D eigenvalue weighted by molar-refractivity contribution is 7.21. The van der Waals surface area contributed by atoms with Gasteiger partial charge in [0.15, 0.2) is 5.13 Å². The fourth-order valence-electron chi connectivity index (χ4n) is 4.81. The predicted octanol–water partition coefficient (Wildman–Crippen LogP) is 5.48. The summed E-state index contributed by atoms with van der Waals surface area (Å²) in [5, 5.41) is 3.33. The maximum absolute atomic E-state index is 12.8. The molecule has 8 nitrogen and oxygen atoms in total. The van der Waals surface area contributed by atoms with Crippen LogP contribution in [0.25, 0.3) is 21.5 Å². The summed E-state index contributed by atoms with van der Waals surface area (Å²) in [4.78, 5) is 21.5. The summed E-state index contributed by atoms with van der Waals surface area (Å²) >= 11 is 1.37. The molecule has 38 heavy (non-hydrogen) atoms. The molecular weight excluding hydrogens is 508 g/mol. The van der Waals surface area contributed by atoms with Gasteiger partial charge >= 0.3 is 0 Å². The molecule has 0 saturated carbocycles. The molecule has 0 spiro atoms. The Bertz CT molecular complexity index is 1460. The second kappa shape index (κ2) is 10.7. The van der Waals surface area contributed by atoms with Gasteiger partial charge in [-0.05, 0) is 43.5 Å². The minimum atomic E-state index is -2.44. The number of pyridine rings is 1. The van der Waals surface area contributed by atoms with E-state index < -0.39 is 19.0 Å². The second-order valence-electron chi connectivity index (χ2n) is 9.77. The van der Waals surface area contributed by atoms with Crippen LogP contribution in [-0.2, 0) is 6.54 Å². The minimum absolute atomic E-state index is 0.182. The Morgan fingerprint density at radius 2 is 1.95 bits per heavy atom. The third-order valence-corrected chi connectivity index (χ3v) is 7.42. The summed E-state index contributed by atoms with van der Waals surface area (Å²) in [5.41, 5.74) is 11.5. The number of aryl methyl sites for hydroxylation is 1. The molecule has 0 aliphatic carbocycles. The van der Waals surface area contributed by atoms with E-state index in [0.717, 1.165) is 49.9 Å². The Kier molecular flexibility index (Phi) is 7.40. The number of aromatic nitrogens is 4. The van der Waals surface area contributed by atoms with Gasteiger partial charge in [-0.3, -0.25) is 0 Å². The van der Waals surface area contributed by atoms with E-state index in [-0.39, 0.29) is 5.92 Å². The van der Waals surface area contributed by atoms with Crippen molar-refractivity contribution in [2.24, 2.45) is 0 Å². The van der Waals surface area contributed by atoms with Crippen molar-refractivity contribution < 1.29 is 13.5 Å². The van der Waals surface area contributed by atoms with Crippen molar-refractivity contribution in [3.05, 3.63) is 53.1 Å². The topological polar surface area (TPSA) is 102 Å². The van der Waals surface area contributed by atoms with E-state index in [1.54, 1.807) is 0 Å². The molecule has 200 valence electrons. The highest BCUT2D eigenvalue weighted by Crippen LogP contribution is 2.35. The fourth-order valence-corrected chi connectivity index (χ4v) is 5.46. The smallest absolute Gasteiger partial charge is 0.250 e. The van der Waals surface area contributed by atoms with Gasteiger partial charge in [-0.15, -0.1) is 0 Å². The van der Waals surface area contributed by atoms with Gasteiger partial charge in [0, 0.05) is 35.1 Å². The predicted molar refractivity (Wildman–Crippen MR) is 147 cm³/mol. The average molecular weight is 540 g/mol. The zero-order valence-corrected chi connectivity index (χ0v) is 22.6. The molecule has 3 N–H and O–H groups in total. The summed E-state index contributed by atoms with van der Waals surface area (Å²) in [5.74, 6) is 2.33. The molecular formula is C27H31F2N7OS.